The van der Waals surface area contributed by atoms with Gasteiger partial charge in [0.05, 0.1) is 16.8 Å². The highest BCUT2D eigenvalue weighted by Gasteiger charge is 2.09. The first-order valence-corrected chi connectivity index (χ1v) is 4.84. The van der Waals surface area contributed by atoms with Gasteiger partial charge in [-0.25, -0.2) is 0 Å². The molecule has 0 saturated heterocycles. The third kappa shape index (κ3) is 1.19. The Morgan fingerprint density at radius 3 is 2.93 bits per heavy atom. The maximum atomic E-state index is 8.99. The van der Waals surface area contributed by atoms with Crippen LogP contribution in [0.3, 0.4) is 0 Å². The van der Waals surface area contributed by atoms with E-state index < -0.39 is 0 Å². The van der Waals surface area contributed by atoms with Crippen molar-refractivity contribution in [2.75, 3.05) is 12.8 Å². The summed E-state index contributed by atoms with van der Waals surface area (Å²) >= 11 is 1.41. The van der Waals surface area contributed by atoms with E-state index in [0.29, 0.717) is 16.3 Å². The second-order valence-corrected chi connectivity index (χ2v) is 3.91. The minimum atomic E-state index is 0.562. The molecule has 2 aromatic rings. The standard InChI is InChI=1S/C10H8N2OS/c1-13-8-3-2-6-4-9(12)14-10(6)7(8)5-11/h2-4H,12H2,1H3. The molecule has 0 atom stereocenters. The summed E-state index contributed by atoms with van der Waals surface area (Å²) < 4.78 is 5.99. The number of thiophene rings is 1. The molecule has 4 heteroatoms. The summed E-state index contributed by atoms with van der Waals surface area (Å²) in [6.07, 6.45) is 0. The fourth-order valence-electron chi connectivity index (χ4n) is 1.38. The number of hydrogen-bond acceptors (Lipinski definition) is 4. The number of nitriles is 1. The van der Waals surface area contributed by atoms with Gasteiger partial charge in [-0.2, -0.15) is 5.26 Å². The molecule has 0 fully saturated rings. The summed E-state index contributed by atoms with van der Waals surface area (Å²) in [6, 6.07) is 7.68. The first-order valence-electron chi connectivity index (χ1n) is 4.02. The van der Waals surface area contributed by atoms with E-state index in [1.165, 1.54) is 11.3 Å². The lowest BCUT2D eigenvalue weighted by atomic mass is 10.1. The Hall–Kier alpha value is -1.73. The number of nitrogens with zero attached hydrogens (tertiary/aromatic N) is 1. The molecule has 14 heavy (non-hydrogen) atoms. The lowest BCUT2D eigenvalue weighted by molar-refractivity contribution is 0.414. The monoisotopic (exact) mass is 204 g/mol. The van der Waals surface area contributed by atoms with Crippen LogP contribution in [0.5, 0.6) is 5.75 Å². The van der Waals surface area contributed by atoms with E-state index in [0.717, 1.165) is 10.1 Å². The van der Waals surface area contributed by atoms with Gasteiger partial charge in [0.2, 0.25) is 0 Å². The number of nitrogens with two attached hydrogens (primary N) is 1. The second-order valence-electron chi connectivity index (χ2n) is 2.82. The Balaban J connectivity index is 2.84. The third-order valence-corrected chi connectivity index (χ3v) is 3.00. The summed E-state index contributed by atoms with van der Waals surface area (Å²) in [5.74, 6) is 0.599. The molecule has 1 heterocycles. The van der Waals surface area contributed by atoms with Gasteiger partial charge in [0, 0.05) is 0 Å². The van der Waals surface area contributed by atoms with Crippen molar-refractivity contribution < 1.29 is 4.74 Å². The average molecular weight is 204 g/mol. The molecule has 70 valence electrons. The molecule has 0 amide bonds. The van der Waals surface area contributed by atoms with E-state index in [-0.39, 0.29) is 0 Å². The Bertz CT molecular complexity index is 525. The zero-order valence-corrected chi connectivity index (χ0v) is 8.39. The number of rotatable bonds is 1. The van der Waals surface area contributed by atoms with Gasteiger partial charge in [-0.05, 0) is 23.6 Å². The van der Waals surface area contributed by atoms with Gasteiger partial charge in [-0.1, -0.05) is 0 Å². The first-order chi connectivity index (χ1) is 6.76. The highest BCUT2D eigenvalue weighted by atomic mass is 32.1. The Morgan fingerprint density at radius 2 is 2.29 bits per heavy atom. The number of benzene rings is 1. The number of nitrogen functional groups attached to an aromatic ring is 1. The molecule has 0 spiro atoms. The Kier molecular flexibility index (Phi) is 2.02. The number of anilines is 1. The highest BCUT2D eigenvalue weighted by molar-refractivity contribution is 7.22. The lowest BCUT2D eigenvalue weighted by Crippen LogP contribution is -1.86. The molecule has 0 radical (unpaired) electrons. The maximum absolute atomic E-state index is 8.99. The summed E-state index contributed by atoms with van der Waals surface area (Å²) in [6.45, 7) is 0. The van der Waals surface area contributed by atoms with Gasteiger partial charge in [0.25, 0.3) is 0 Å². The molecule has 0 saturated carbocycles. The van der Waals surface area contributed by atoms with Gasteiger partial charge in [-0.3, -0.25) is 0 Å². The Labute approximate surface area is 85.3 Å². The zero-order chi connectivity index (χ0) is 10.1. The van der Waals surface area contributed by atoms with Crippen molar-refractivity contribution >= 4 is 26.4 Å². The van der Waals surface area contributed by atoms with Crippen LogP contribution in [0.4, 0.5) is 5.00 Å². The molecule has 0 aliphatic rings. The largest absolute Gasteiger partial charge is 0.495 e. The van der Waals surface area contributed by atoms with Crippen LogP contribution in [-0.4, -0.2) is 7.11 Å². The van der Waals surface area contributed by atoms with Crippen LogP contribution in [-0.2, 0) is 0 Å². The molecule has 0 bridgehead atoms. The van der Waals surface area contributed by atoms with Crippen LogP contribution in [0, 0.1) is 11.3 Å². The predicted octanol–water partition coefficient (Wildman–Crippen LogP) is 2.36. The van der Waals surface area contributed by atoms with Crippen LogP contribution in [0.2, 0.25) is 0 Å². The SMILES string of the molecule is COc1ccc2cc(N)sc2c1C#N. The average Bonchev–Trinajstić information content (AvgIpc) is 2.56. The fraction of sp³-hybridized carbons (Fsp3) is 0.100. The van der Waals surface area contributed by atoms with Gasteiger partial charge >= 0.3 is 0 Å². The smallest absolute Gasteiger partial charge is 0.138 e. The highest BCUT2D eigenvalue weighted by Crippen LogP contribution is 2.34. The second kappa shape index (κ2) is 3.20. The normalized spacial score (nSPS) is 10.0. The lowest BCUT2D eigenvalue weighted by Gasteiger charge is -2.01. The van der Waals surface area contributed by atoms with Gasteiger partial charge in [-0.15, -0.1) is 11.3 Å². The van der Waals surface area contributed by atoms with Crippen LogP contribution >= 0.6 is 11.3 Å². The van der Waals surface area contributed by atoms with Crippen molar-refractivity contribution in [3.05, 3.63) is 23.8 Å². The minimum Gasteiger partial charge on any atom is -0.495 e. The number of fused-ring (bicyclic) bond motifs is 1. The summed E-state index contributed by atoms with van der Waals surface area (Å²) in [5, 5.41) is 10.7. The molecule has 0 aliphatic heterocycles. The van der Waals surface area contributed by atoms with Crippen molar-refractivity contribution in [1.29, 1.82) is 5.26 Å². The molecule has 1 aromatic heterocycles. The van der Waals surface area contributed by atoms with Gasteiger partial charge in [0.15, 0.2) is 0 Å². The predicted molar refractivity (Wildman–Crippen MR) is 57.5 cm³/mol. The fourth-order valence-corrected chi connectivity index (χ4v) is 2.30. The Morgan fingerprint density at radius 1 is 1.50 bits per heavy atom. The molecule has 3 nitrogen and oxygen atoms in total. The van der Waals surface area contributed by atoms with E-state index >= 15 is 0 Å². The van der Waals surface area contributed by atoms with Gasteiger partial charge in [0.1, 0.15) is 17.4 Å². The number of methoxy groups -OCH3 is 1. The summed E-state index contributed by atoms with van der Waals surface area (Å²) in [5.41, 5.74) is 6.24. The third-order valence-electron chi connectivity index (χ3n) is 2.00. The van der Waals surface area contributed by atoms with Crippen LogP contribution in [0.15, 0.2) is 18.2 Å². The molecule has 1 aromatic carbocycles. The summed E-state index contributed by atoms with van der Waals surface area (Å²) in [4.78, 5) is 0. The summed E-state index contributed by atoms with van der Waals surface area (Å²) in [7, 11) is 1.55. The van der Waals surface area contributed by atoms with Crippen molar-refractivity contribution in [1.82, 2.24) is 0 Å². The minimum absolute atomic E-state index is 0.562. The van der Waals surface area contributed by atoms with Gasteiger partial charge < -0.3 is 10.5 Å². The van der Waals surface area contributed by atoms with E-state index in [2.05, 4.69) is 6.07 Å². The van der Waals surface area contributed by atoms with Crippen LogP contribution in [0.1, 0.15) is 5.56 Å². The van der Waals surface area contributed by atoms with E-state index in [1.807, 2.05) is 12.1 Å². The van der Waals surface area contributed by atoms with Crippen LogP contribution in [0.25, 0.3) is 10.1 Å². The van der Waals surface area contributed by atoms with Crippen LogP contribution < -0.4 is 10.5 Å². The molecule has 2 N–H and O–H groups in total. The van der Waals surface area contributed by atoms with E-state index in [1.54, 1.807) is 13.2 Å². The zero-order valence-electron chi connectivity index (χ0n) is 7.57. The van der Waals surface area contributed by atoms with E-state index in [4.69, 9.17) is 15.7 Å². The van der Waals surface area contributed by atoms with Crippen molar-refractivity contribution in [3.8, 4) is 11.8 Å². The molecule has 2 rings (SSSR count). The molecular formula is C10H8N2OS. The first kappa shape index (κ1) is 8.85. The molecule has 0 unspecified atom stereocenters. The number of hydrogen-bond donors (Lipinski definition) is 1. The number of ether oxygens (including phenoxy) is 1. The molecular weight excluding hydrogens is 196 g/mol. The quantitative estimate of drug-likeness (QED) is 0.775. The maximum Gasteiger partial charge on any atom is 0.138 e. The van der Waals surface area contributed by atoms with E-state index in [9.17, 15) is 0 Å². The van der Waals surface area contributed by atoms with Crippen molar-refractivity contribution in [3.63, 3.8) is 0 Å². The molecule has 0 aliphatic carbocycles. The van der Waals surface area contributed by atoms with Crippen molar-refractivity contribution in [2.45, 2.75) is 0 Å². The van der Waals surface area contributed by atoms with Crippen molar-refractivity contribution in [2.24, 2.45) is 0 Å². The topological polar surface area (TPSA) is 59.0 Å².